The fraction of sp³-hybridized carbons (Fsp3) is 0.500. The molecule has 2 aromatic heterocycles. The number of thiazole rings is 1. The van der Waals surface area contributed by atoms with Gasteiger partial charge in [-0.25, -0.2) is 27.8 Å². The van der Waals surface area contributed by atoms with E-state index in [-0.39, 0.29) is 29.0 Å². The van der Waals surface area contributed by atoms with Gasteiger partial charge in [0.05, 0.1) is 38.8 Å². The molecule has 1 atom stereocenters. The van der Waals surface area contributed by atoms with Crippen LogP contribution < -0.4 is 10.0 Å². The molecule has 2 saturated heterocycles. The number of rotatable bonds is 10. The predicted octanol–water partition coefficient (Wildman–Crippen LogP) is 5.04. The van der Waals surface area contributed by atoms with E-state index in [1.807, 2.05) is 0 Å². The van der Waals surface area contributed by atoms with Gasteiger partial charge in [-0.3, -0.25) is 4.72 Å². The molecular formula is C26H32FN5O4S2. The Balaban J connectivity index is 1.52. The number of aromatic nitrogens is 3. The van der Waals surface area contributed by atoms with Crippen molar-refractivity contribution in [2.45, 2.75) is 51.0 Å². The first-order chi connectivity index (χ1) is 18.4. The number of ether oxygens (including phenoxy) is 2. The molecule has 0 aliphatic carbocycles. The van der Waals surface area contributed by atoms with Crippen LogP contribution in [0.2, 0.25) is 0 Å². The zero-order chi connectivity index (χ0) is 26.5. The van der Waals surface area contributed by atoms with Gasteiger partial charge in [-0.1, -0.05) is 13.0 Å². The predicted molar refractivity (Wildman–Crippen MR) is 146 cm³/mol. The van der Waals surface area contributed by atoms with Crippen molar-refractivity contribution in [3.63, 3.8) is 0 Å². The largest absolute Gasteiger partial charge is 0.381 e. The summed E-state index contributed by atoms with van der Waals surface area (Å²) in [6.45, 7) is 4.45. The van der Waals surface area contributed by atoms with Gasteiger partial charge in [0, 0.05) is 44.0 Å². The fourth-order valence-corrected chi connectivity index (χ4v) is 7.02. The van der Waals surface area contributed by atoms with Crippen molar-refractivity contribution in [3.05, 3.63) is 41.3 Å². The van der Waals surface area contributed by atoms with Gasteiger partial charge in [-0.15, -0.1) is 11.3 Å². The lowest BCUT2D eigenvalue weighted by Crippen LogP contribution is -2.19. The van der Waals surface area contributed by atoms with Crippen LogP contribution in [-0.2, 0) is 19.5 Å². The molecule has 38 heavy (non-hydrogen) atoms. The Hall–Kier alpha value is -2.67. The standard InChI is InChI=1S/C26H32FN5O4S2/c1-2-15-38(33,34)32-20-7-3-6-19(22(20)27)23-24(37-25(31-23)17-9-13-35-14-10-17)21-8-11-28-26(30-21)29-16-18-5-4-12-36-18/h3,6-8,11,17-18,32H,2,4-5,9-10,12-16H2,1H3,(H,28,29,30). The molecule has 0 spiro atoms. The van der Waals surface area contributed by atoms with E-state index in [0.29, 0.717) is 48.4 Å². The number of sulfonamides is 1. The van der Waals surface area contributed by atoms with Gasteiger partial charge in [0.15, 0.2) is 5.82 Å². The van der Waals surface area contributed by atoms with Crippen LogP contribution in [0.4, 0.5) is 16.0 Å². The zero-order valence-electron chi connectivity index (χ0n) is 21.3. The molecule has 4 heterocycles. The number of hydrogen-bond acceptors (Lipinski definition) is 9. The third-order valence-corrected chi connectivity index (χ3v) is 9.32. The Labute approximate surface area is 226 Å². The molecule has 0 amide bonds. The van der Waals surface area contributed by atoms with Crippen LogP contribution in [0.25, 0.3) is 21.8 Å². The lowest BCUT2D eigenvalue weighted by atomic mass is 10.0. The minimum Gasteiger partial charge on any atom is -0.381 e. The van der Waals surface area contributed by atoms with Crippen LogP contribution in [0.5, 0.6) is 0 Å². The molecule has 204 valence electrons. The summed E-state index contributed by atoms with van der Waals surface area (Å²) in [5.41, 5.74) is 1.19. The summed E-state index contributed by atoms with van der Waals surface area (Å²) in [7, 11) is -3.66. The lowest BCUT2D eigenvalue weighted by molar-refractivity contribution is 0.0853. The van der Waals surface area contributed by atoms with Crippen LogP contribution in [0.3, 0.4) is 0 Å². The highest BCUT2D eigenvalue weighted by Gasteiger charge is 2.26. The summed E-state index contributed by atoms with van der Waals surface area (Å²) in [5.74, 6) is -0.0844. The minimum absolute atomic E-state index is 0.0882. The highest BCUT2D eigenvalue weighted by atomic mass is 32.2. The number of hydrogen-bond donors (Lipinski definition) is 2. The second-order valence-corrected chi connectivity index (χ2v) is 12.4. The second-order valence-electron chi connectivity index (χ2n) is 9.49. The van der Waals surface area contributed by atoms with Crippen LogP contribution in [0, 0.1) is 5.82 Å². The molecule has 12 heteroatoms. The Morgan fingerprint density at radius 2 is 1.97 bits per heavy atom. The Morgan fingerprint density at radius 3 is 2.74 bits per heavy atom. The minimum atomic E-state index is -3.66. The summed E-state index contributed by atoms with van der Waals surface area (Å²) in [5, 5.41) is 4.14. The number of halogens is 1. The van der Waals surface area contributed by atoms with Crippen LogP contribution in [-0.4, -0.2) is 61.6 Å². The van der Waals surface area contributed by atoms with Crippen LogP contribution >= 0.6 is 11.3 Å². The van der Waals surface area contributed by atoms with E-state index >= 15 is 4.39 Å². The van der Waals surface area contributed by atoms with Crippen LogP contribution in [0.15, 0.2) is 30.5 Å². The fourth-order valence-electron chi connectivity index (χ4n) is 4.67. The maximum atomic E-state index is 15.8. The molecule has 0 radical (unpaired) electrons. The number of nitrogens with one attached hydrogen (secondary N) is 2. The molecular weight excluding hydrogens is 529 g/mol. The molecule has 2 N–H and O–H groups in total. The van der Waals surface area contributed by atoms with E-state index in [4.69, 9.17) is 19.4 Å². The summed E-state index contributed by atoms with van der Waals surface area (Å²) in [6.07, 6.45) is 5.95. The molecule has 2 fully saturated rings. The van der Waals surface area contributed by atoms with E-state index in [2.05, 4.69) is 15.0 Å². The lowest BCUT2D eigenvalue weighted by Gasteiger charge is -2.19. The summed E-state index contributed by atoms with van der Waals surface area (Å²) < 4.78 is 54.1. The molecule has 2 aliphatic heterocycles. The third-order valence-electron chi connectivity index (χ3n) is 6.61. The van der Waals surface area contributed by atoms with E-state index in [0.717, 1.165) is 37.3 Å². The van der Waals surface area contributed by atoms with Crippen LogP contribution in [0.1, 0.15) is 50.0 Å². The third kappa shape index (κ3) is 6.31. The molecule has 3 aromatic rings. The summed E-state index contributed by atoms with van der Waals surface area (Å²) >= 11 is 1.49. The number of nitrogens with zero attached hydrogens (tertiary/aromatic N) is 3. The topological polar surface area (TPSA) is 115 Å². The Morgan fingerprint density at radius 1 is 1.13 bits per heavy atom. The van der Waals surface area contributed by atoms with Gasteiger partial charge < -0.3 is 14.8 Å². The average molecular weight is 562 g/mol. The van der Waals surface area contributed by atoms with Crippen molar-refractivity contribution in [3.8, 4) is 21.8 Å². The zero-order valence-corrected chi connectivity index (χ0v) is 22.9. The summed E-state index contributed by atoms with van der Waals surface area (Å²) in [6, 6.07) is 6.47. The Bertz CT molecular complexity index is 1360. The first-order valence-corrected chi connectivity index (χ1v) is 15.5. The van der Waals surface area contributed by atoms with Gasteiger partial charge >= 0.3 is 0 Å². The van der Waals surface area contributed by atoms with Crippen molar-refractivity contribution in [2.24, 2.45) is 0 Å². The van der Waals surface area contributed by atoms with Crippen molar-refractivity contribution in [1.82, 2.24) is 15.0 Å². The quantitative estimate of drug-likeness (QED) is 0.354. The van der Waals surface area contributed by atoms with Crippen molar-refractivity contribution < 1.29 is 22.3 Å². The van der Waals surface area contributed by atoms with Crippen molar-refractivity contribution in [2.75, 3.05) is 42.2 Å². The first kappa shape index (κ1) is 26.9. The highest BCUT2D eigenvalue weighted by molar-refractivity contribution is 7.92. The van der Waals surface area contributed by atoms with Gasteiger partial charge in [0.2, 0.25) is 16.0 Å². The number of anilines is 2. The van der Waals surface area contributed by atoms with Crippen molar-refractivity contribution in [1.29, 1.82) is 0 Å². The molecule has 5 rings (SSSR count). The van der Waals surface area contributed by atoms with E-state index in [1.165, 1.54) is 17.4 Å². The molecule has 0 bridgehead atoms. The van der Waals surface area contributed by atoms with Gasteiger partial charge in [-0.05, 0) is 50.3 Å². The molecule has 1 aromatic carbocycles. The smallest absolute Gasteiger partial charge is 0.232 e. The maximum absolute atomic E-state index is 15.8. The second kappa shape index (κ2) is 12.0. The molecule has 0 saturated carbocycles. The van der Waals surface area contributed by atoms with Gasteiger partial charge in [-0.2, -0.15) is 0 Å². The first-order valence-electron chi connectivity index (χ1n) is 13.0. The monoisotopic (exact) mass is 561 g/mol. The van der Waals surface area contributed by atoms with E-state index in [9.17, 15) is 8.42 Å². The normalized spacial score (nSPS) is 18.5. The van der Waals surface area contributed by atoms with E-state index in [1.54, 1.807) is 31.3 Å². The van der Waals surface area contributed by atoms with Gasteiger partial charge in [0.1, 0.15) is 0 Å². The van der Waals surface area contributed by atoms with Crippen molar-refractivity contribution >= 4 is 33.0 Å². The average Bonchev–Trinajstić information content (AvgIpc) is 3.60. The van der Waals surface area contributed by atoms with Gasteiger partial charge in [0.25, 0.3) is 0 Å². The number of benzene rings is 1. The molecule has 9 nitrogen and oxygen atoms in total. The maximum Gasteiger partial charge on any atom is 0.232 e. The SMILES string of the molecule is CCCS(=O)(=O)Nc1cccc(-c2nc(C3CCOCC3)sc2-c2ccnc(NCC3CCCO3)n2)c1F. The summed E-state index contributed by atoms with van der Waals surface area (Å²) in [4.78, 5) is 14.7. The Kier molecular flexibility index (Phi) is 8.51. The van der Waals surface area contributed by atoms with E-state index < -0.39 is 15.8 Å². The molecule has 1 unspecified atom stereocenters. The molecule has 2 aliphatic rings. The highest BCUT2D eigenvalue weighted by Crippen LogP contribution is 2.42.